The highest BCUT2D eigenvalue weighted by Gasteiger charge is 2.43. The van der Waals surface area contributed by atoms with Gasteiger partial charge in [-0.25, -0.2) is 9.59 Å². The molecule has 1 heterocycles. The summed E-state index contributed by atoms with van der Waals surface area (Å²) < 4.78 is 5.81. The average Bonchev–Trinajstić information content (AvgIpc) is 3.38. The minimum absolute atomic E-state index is 0.0605. The van der Waals surface area contributed by atoms with Crippen molar-refractivity contribution in [1.82, 2.24) is 4.90 Å². The summed E-state index contributed by atoms with van der Waals surface area (Å²) in [6.07, 6.45) is 0.450. The van der Waals surface area contributed by atoms with Crippen LogP contribution in [0.1, 0.15) is 47.1 Å². The quantitative estimate of drug-likeness (QED) is 0.594. The number of aryl methyl sites for hydroxylation is 1. The summed E-state index contributed by atoms with van der Waals surface area (Å²) in [5.74, 6) is -1.05. The SMILES string of the molecule is Cc1cccc([C@H]2CC[C@@H](C(=O)O)N2C(=O)OCC2c3ccccc3-c3ccccc32)c1. The van der Waals surface area contributed by atoms with Crippen LogP contribution in [0.4, 0.5) is 4.79 Å². The Kier molecular flexibility index (Phi) is 5.17. The van der Waals surface area contributed by atoms with Crippen LogP contribution in [0, 0.1) is 6.92 Å². The number of carbonyl (C=O) groups excluding carboxylic acids is 1. The fourth-order valence-corrected chi connectivity index (χ4v) is 5.18. The van der Waals surface area contributed by atoms with Gasteiger partial charge in [0.05, 0.1) is 6.04 Å². The van der Waals surface area contributed by atoms with Gasteiger partial charge in [0.15, 0.2) is 0 Å². The Bertz CT molecular complexity index is 1140. The van der Waals surface area contributed by atoms with Gasteiger partial charge in [0, 0.05) is 5.92 Å². The molecule has 3 aromatic carbocycles. The van der Waals surface area contributed by atoms with Crippen molar-refractivity contribution in [2.24, 2.45) is 0 Å². The zero-order valence-electron chi connectivity index (χ0n) is 17.9. The molecule has 2 atom stereocenters. The van der Waals surface area contributed by atoms with Gasteiger partial charge in [-0.05, 0) is 47.6 Å². The molecule has 2 aliphatic rings. The predicted molar refractivity (Wildman–Crippen MR) is 121 cm³/mol. The minimum Gasteiger partial charge on any atom is -0.480 e. The van der Waals surface area contributed by atoms with E-state index in [0.717, 1.165) is 33.4 Å². The molecule has 1 aliphatic heterocycles. The van der Waals surface area contributed by atoms with E-state index in [2.05, 4.69) is 24.3 Å². The zero-order chi connectivity index (χ0) is 22.2. The number of nitrogens with zero attached hydrogens (tertiary/aromatic N) is 1. The molecule has 0 spiro atoms. The molecule has 0 aromatic heterocycles. The Morgan fingerprint density at radius 3 is 2.22 bits per heavy atom. The van der Waals surface area contributed by atoms with Crippen molar-refractivity contribution in [1.29, 1.82) is 0 Å². The van der Waals surface area contributed by atoms with Crippen LogP contribution in [0.3, 0.4) is 0 Å². The van der Waals surface area contributed by atoms with E-state index >= 15 is 0 Å². The van der Waals surface area contributed by atoms with E-state index in [-0.39, 0.29) is 18.6 Å². The van der Waals surface area contributed by atoms with E-state index in [0.29, 0.717) is 12.8 Å². The minimum atomic E-state index is -0.992. The number of hydrogen-bond acceptors (Lipinski definition) is 3. The van der Waals surface area contributed by atoms with Gasteiger partial charge in [-0.1, -0.05) is 78.4 Å². The summed E-state index contributed by atoms with van der Waals surface area (Å²) >= 11 is 0. The molecule has 1 fully saturated rings. The summed E-state index contributed by atoms with van der Waals surface area (Å²) in [5, 5.41) is 9.74. The lowest BCUT2D eigenvalue weighted by molar-refractivity contribution is -0.142. The molecule has 5 heteroatoms. The van der Waals surface area contributed by atoms with Gasteiger partial charge in [-0.2, -0.15) is 0 Å². The highest BCUT2D eigenvalue weighted by molar-refractivity contribution is 5.82. The molecule has 0 saturated carbocycles. The molecular formula is C27H25NO4. The van der Waals surface area contributed by atoms with Crippen molar-refractivity contribution in [2.45, 2.75) is 37.8 Å². The maximum atomic E-state index is 13.2. The van der Waals surface area contributed by atoms with Crippen molar-refractivity contribution in [3.63, 3.8) is 0 Å². The number of carboxylic acids is 1. The number of rotatable bonds is 4. The largest absolute Gasteiger partial charge is 0.480 e. The van der Waals surface area contributed by atoms with Crippen LogP contribution in [0.2, 0.25) is 0 Å². The maximum absolute atomic E-state index is 13.2. The maximum Gasteiger partial charge on any atom is 0.411 e. The average molecular weight is 428 g/mol. The van der Waals surface area contributed by atoms with E-state index in [4.69, 9.17) is 4.74 Å². The van der Waals surface area contributed by atoms with E-state index in [1.165, 1.54) is 4.90 Å². The van der Waals surface area contributed by atoms with Gasteiger partial charge in [-0.3, -0.25) is 4.90 Å². The van der Waals surface area contributed by atoms with Crippen LogP contribution >= 0.6 is 0 Å². The van der Waals surface area contributed by atoms with E-state index in [9.17, 15) is 14.7 Å². The molecule has 32 heavy (non-hydrogen) atoms. The fraction of sp³-hybridized carbons (Fsp3) is 0.259. The number of benzene rings is 3. The molecule has 5 nitrogen and oxygen atoms in total. The van der Waals surface area contributed by atoms with Crippen molar-refractivity contribution in [2.75, 3.05) is 6.61 Å². The summed E-state index contributed by atoms with van der Waals surface area (Å²) in [6.45, 7) is 2.17. The Balaban J connectivity index is 1.40. The first kappa shape index (κ1) is 20.3. The number of fused-ring (bicyclic) bond motifs is 3. The number of aliphatic carboxylic acids is 1. The number of amides is 1. The molecule has 1 saturated heterocycles. The summed E-state index contributed by atoms with van der Waals surface area (Å²) in [4.78, 5) is 26.6. The molecule has 5 rings (SSSR count). The van der Waals surface area contributed by atoms with Crippen molar-refractivity contribution >= 4 is 12.1 Å². The van der Waals surface area contributed by atoms with Gasteiger partial charge in [-0.15, -0.1) is 0 Å². The van der Waals surface area contributed by atoms with Crippen LogP contribution < -0.4 is 0 Å². The standard InChI is InChI=1S/C27H25NO4/c1-17-7-6-8-18(15-17)24-13-14-25(26(29)30)28(24)27(31)32-16-23-21-11-4-2-9-19(21)20-10-3-5-12-22(20)23/h2-12,15,23-25H,13-14,16H2,1H3,(H,29,30)/t24-,25+/m1/s1. The molecule has 1 aliphatic carbocycles. The highest BCUT2D eigenvalue weighted by Crippen LogP contribution is 2.45. The number of likely N-dealkylation sites (tertiary alicyclic amines) is 1. The monoisotopic (exact) mass is 427 g/mol. The van der Waals surface area contributed by atoms with Crippen LogP contribution in [0.25, 0.3) is 11.1 Å². The van der Waals surface area contributed by atoms with Gasteiger partial charge in [0.25, 0.3) is 0 Å². The lowest BCUT2D eigenvalue weighted by Crippen LogP contribution is -2.42. The second kappa shape index (κ2) is 8.15. The number of carboxylic acid groups (broad SMARTS) is 1. The second-order valence-corrected chi connectivity index (χ2v) is 8.57. The third-order valence-corrected chi connectivity index (χ3v) is 6.64. The van der Waals surface area contributed by atoms with E-state index < -0.39 is 18.1 Å². The molecule has 1 N–H and O–H groups in total. The van der Waals surface area contributed by atoms with Gasteiger partial charge < -0.3 is 9.84 Å². The predicted octanol–water partition coefficient (Wildman–Crippen LogP) is 5.53. The molecule has 162 valence electrons. The number of carbonyl (C=O) groups is 2. The smallest absolute Gasteiger partial charge is 0.411 e. The van der Waals surface area contributed by atoms with Crippen LogP contribution in [0.5, 0.6) is 0 Å². The zero-order valence-corrected chi connectivity index (χ0v) is 17.9. The molecule has 1 amide bonds. The molecule has 0 unspecified atom stereocenters. The Hall–Kier alpha value is -3.60. The van der Waals surface area contributed by atoms with Crippen LogP contribution in [-0.2, 0) is 9.53 Å². The lowest BCUT2D eigenvalue weighted by Gasteiger charge is -2.28. The fourth-order valence-electron chi connectivity index (χ4n) is 5.18. The van der Waals surface area contributed by atoms with Crippen molar-refractivity contribution in [3.8, 4) is 11.1 Å². The van der Waals surface area contributed by atoms with Crippen LogP contribution in [-0.4, -0.2) is 34.7 Å². The Morgan fingerprint density at radius 2 is 1.59 bits per heavy atom. The molecule has 0 bridgehead atoms. The normalized spacial score (nSPS) is 19.5. The second-order valence-electron chi connectivity index (χ2n) is 8.57. The van der Waals surface area contributed by atoms with E-state index in [1.807, 2.05) is 55.5 Å². The summed E-state index contributed by atoms with van der Waals surface area (Å²) in [7, 11) is 0. The Labute approximate surface area is 187 Å². The summed E-state index contributed by atoms with van der Waals surface area (Å²) in [5.41, 5.74) is 6.61. The van der Waals surface area contributed by atoms with Crippen LogP contribution in [0.15, 0.2) is 72.8 Å². The lowest BCUT2D eigenvalue weighted by atomic mass is 9.98. The molecular weight excluding hydrogens is 402 g/mol. The van der Waals surface area contributed by atoms with Crippen molar-refractivity contribution < 1.29 is 19.4 Å². The van der Waals surface area contributed by atoms with Gasteiger partial charge in [0.2, 0.25) is 0 Å². The third-order valence-electron chi connectivity index (χ3n) is 6.64. The first-order valence-corrected chi connectivity index (χ1v) is 11.0. The Morgan fingerprint density at radius 1 is 0.938 bits per heavy atom. The highest BCUT2D eigenvalue weighted by atomic mass is 16.6. The van der Waals surface area contributed by atoms with E-state index in [1.54, 1.807) is 0 Å². The first-order valence-electron chi connectivity index (χ1n) is 11.0. The summed E-state index contributed by atoms with van der Waals surface area (Å²) in [6, 6.07) is 23.0. The topological polar surface area (TPSA) is 66.8 Å². The number of hydrogen-bond donors (Lipinski definition) is 1. The van der Waals surface area contributed by atoms with Gasteiger partial charge >= 0.3 is 12.1 Å². The van der Waals surface area contributed by atoms with Gasteiger partial charge in [0.1, 0.15) is 12.6 Å². The van der Waals surface area contributed by atoms with Crippen molar-refractivity contribution in [3.05, 3.63) is 95.1 Å². The molecule has 3 aromatic rings. The number of ether oxygens (including phenoxy) is 1. The third kappa shape index (κ3) is 3.44. The molecule has 0 radical (unpaired) electrons. The first-order chi connectivity index (χ1) is 15.5.